The molecule has 1 atom stereocenters. The van der Waals surface area contributed by atoms with Crippen LogP contribution < -0.4 is 5.32 Å². The molecule has 0 saturated heterocycles. The van der Waals surface area contributed by atoms with Crippen LogP contribution in [0.5, 0.6) is 0 Å². The van der Waals surface area contributed by atoms with Crippen LogP contribution in [-0.2, 0) is 6.54 Å². The molecular formula is C22H21NO. The van der Waals surface area contributed by atoms with Crippen LogP contribution in [0.15, 0.2) is 66.7 Å². The normalized spacial score (nSPS) is 11.8. The fourth-order valence-corrected chi connectivity index (χ4v) is 2.91. The Morgan fingerprint density at radius 2 is 1.79 bits per heavy atom. The lowest BCUT2D eigenvalue weighted by molar-refractivity contribution is 0.350. The number of nitrogens with one attached hydrogen (secondary N) is 1. The summed E-state index contributed by atoms with van der Waals surface area (Å²) in [6.45, 7) is 2.86. The first-order valence-corrected chi connectivity index (χ1v) is 8.17. The van der Waals surface area contributed by atoms with Crippen LogP contribution in [0.1, 0.15) is 29.7 Å². The molecule has 0 saturated carbocycles. The van der Waals surface area contributed by atoms with Crippen molar-refractivity contribution in [2.45, 2.75) is 19.5 Å². The summed E-state index contributed by atoms with van der Waals surface area (Å²) in [7, 11) is 0. The minimum atomic E-state index is -0.111. The Kier molecular flexibility index (Phi) is 5.28. The molecule has 0 radical (unpaired) electrons. The van der Waals surface area contributed by atoms with E-state index in [0.29, 0.717) is 0 Å². The van der Waals surface area contributed by atoms with Crippen molar-refractivity contribution in [2.24, 2.45) is 0 Å². The molecule has 3 rings (SSSR count). The van der Waals surface area contributed by atoms with Crippen molar-refractivity contribution in [1.29, 1.82) is 0 Å². The molecule has 2 N–H and O–H groups in total. The maximum absolute atomic E-state index is 8.80. The van der Waals surface area contributed by atoms with Gasteiger partial charge in [-0.2, -0.15) is 0 Å². The Morgan fingerprint density at radius 1 is 1.00 bits per heavy atom. The third-order valence-electron chi connectivity index (χ3n) is 4.14. The molecule has 0 aliphatic heterocycles. The first-order valence-electron chi connectivity index (χ1n) is 8.17. The molecular weight excluding hydrogens is 294 g/mol. The van der Waals surface area contributed by atoms with E-state index < -0.39 is 0 Å². The van der Waals surface area contributed by atoms with Gasteiger partial charge in [-0.1, -0.05) is 66.4 Å². The van der Waals surface area contributed by atoms with Gasteiger partial charge in [-0.05, 0) is 41.0 Å². The zero-order chi connectivity index (χ0) is 16.8. The highest BCUT2D eigenvalue weighted by molar-refractivity contribution is 5.86. The molecule has 0 fully saturated rings. The zero-order valence-electron chi connectivity index (χ0n) is 13.8. The summed E-state index contributed by atoms with van der Waals surface area (Å²) in [5, 5.41) is 15.0. The van der Waals surface area contributed by atoms with Crippen molar-refractivity contribution in [3.8, 4) is 11.8 Å². The Balaban J connectivity index is 1.74. The lowest BCUT2D eigenvalue weighted by Gasteiger charge is -2.17. The Bertz CT molecular complexity index is 884. The van der Waals surface area contributed by atoms with Crippen LogP contribution in [0.2, 0.25) is 0 Å². The van der Waals surface area contributed by atoms with Crippen LogP contribution in [0.3, 0.4) is 0 Å². The molecule has 0 amide bonds. The van der Waals surface area contributed by atoms with E-state index in [1.54, 1.807) is 0 Å². The Labute approximate surface area is 143 Å². The highest BCUT2D eigenvalue weighted by Crippen LogP contribution is 2.24. The molecule has 3 aromatic carbocycles. The van der Waals surface area contributed by atoms with Gasteiger partial charge in [-0.15, -0.1) is 0 Å². The number of fused-ring (bicyclic) bond motifs is 1. The molecule has 0 unspecified atom stereocenters. The van der Waals surface area contributed by atoms with E-state index in [1.807, 2.05) is 12.1 Å². The van der Waals surface area contributed by atoms with Gasteiger partial charge in [0.2, 0.25) is 0 Å². The predicted molar refractivity (Wildman–Crippen MR) is 99.6 cm³/mol. The third-order valence-corrected chi connectivity index (χ3v) is 4.14. The van der Waals surface area contributed by atoms with Crippen LogP contribution in [0, 0.1) is 11.8 Å². The quantitative estimate of drug-likeness (QED) is 0.712. The van der Waals surface area contributed by atoms with Gasteiger partial charge < -0.3 is 10.4 Å². The maximum atomic E-state index is 8.80. The van der Waals surface area contributed by atoms with Gasteiger partial charge in [-0.25, -0.2) is 0 Å². The van der Waals surface area contributed by atoms with Crippen molar-refractivity contribution < 1.29 is 5.11 Å². The summed E-state index contributed by atoms with van der Waals surface area (Å²) in [6, 6.07) is 23.3. The zero-order valence-corrected chi connectivity index (χ0v) is 13.8. The van der Waals surface area contributed by atoms with E-state index in [2.05, 4.69) is 78.7 Å². The second-order valence-corrected chi connectivity index (χ2v) is 5.83. The highest BCUT2D eigenvalue weighted by atomic mass is 16.2. The van der Waals surface area contributed by atoms with Crippen LogP contribution in [0.4, 0.5) is 0 Å². The van der Waals surface area contributed by atoms with Gasteiger partial charge >= 0.3 is 0 Å². The topological polar surface area (TPSA) is 32.3 Å². The number of benzene rings is 3. The Morgan fingerprint density at radius 3 is 2.67 bits per heavy atom. The minimum Gasteiger partial charge on any atom is -0.384 e. The largest absolute Gasteiger partial charge is 0.384 e. The lowest BCUT2D eigenvalue weighted by Crippen LogP contribution is -2.18. The standard InChI is InChI=1S/C22H21NO/c1-17(21-13-5-11-20-10-2-3-12-22(20)21)23-16-19-8-4-7-18(15-19)9-6-14-24/h2-5,7-8,10-13,15,17,23-24H,14,16H2,1H3/t17-/m1/s1. The second-order valence-electron chi connectivity index (χ2n) is 5.83. The number of aliphatic hydroxyl groups is 1. The van der Waals surface area contributed by atoms with Gasteiger partial charge in [0, 0.05) is 18.2 Å². The average molecular weight is 315 g/mol. The van der Waals surface area contributed by atoms with Gasteiger partial charge in [0.05, 0.1) is 0 Å². The summed E-state index contributed by atoms with van der Waals surface area (Å²) in [5.41, 5.74) is 3.43. The van der Waals surface area contributed by atoms with Crippen molar-refractivity contribution in [3.05, 3.63) is 83.4 Å². The molecule has 3 aromatic rings. The van der Waals surface area contributed by atoms with Crippen LogP contribution >= 0.6 is 0 Å². The second kappa shape index (κ2) is 7.79. The molecule has 24 heavy (non-hydrogen) atoms. The first-order chi connectivity index (χ1) is 11.8. The number of hydrogen-bond donors (Lipinski definition) is 2. The summed E-state index contributed by atoms with van der Waals surface area (Å²) < 4.78 is 0. The average Bonchev–Trinajstić information content (AvgIpc) is 2.64. The smallest absolute Gasteiger partial charge is 0.104 e. The summed E-state index contributed by atoms with van der Waals surface area (Å²) in [6.07, 6.45) is 0. The van der Waals surface area contributed by atoms with Crippen molar-refractivity contribution in [3.63, 3.8) is 0 Å². The lowest BCUT2D eigenvalue weighted by atomic mass is 9.99. The number of rotatable bonds is 4. The molecule has 0 bridgehead atoms. The molecule has 2 nitrogen and oxygen atoms in total. The highest BCUT2D eigenvalue weighted by Gasteiger charge is 2.08. The fourth-order valence-electron chi connectivity index (χ4n) is 2.91. The van der Waals surface area contributed by atoms with Crippen LogP contribution in [0.25, 0.3) is 10.8 Å². The monoisotopic (exact) mass is 315 g/mol. The van der Waals surface area contributed by atoms with E-state index >= 15 is 0 Å². The molecule has 0 aliphatic rings. The molecule has 0 aromatic heterocycles. The fraction of sp³-hybridized carbons (Fsp3) is 0.182. The molecule has 120 valence electrons. The SMILES string of the molecule is C[C@@H](NCc1cccc(C#CCO)c1)c1cccc2ccccc12. The predicted octanol–water partition coefficient (Wildman–Crippen LogP) is 4.03. The first kappa shape index (κ1) is 16.3. The maximum Gasteiger partial charge on any atom is 0.104 e. The molecule has 2 heteroatoms. The number of aliphatic hydroxyl groups excluding tert-OH is 1. The summed E-state index contributed by atoms with van der Waals surface area (Å²) in [4.78, 5) is 0. The summed E-state index contributed by atoms with van der Waals surface area (Å²) in [5.74, 6) is 5.64. The van der Waals surface area contributed by atoms with E-state index in [-0.39, 0.29) is 12.6 Å². The van der Waals surface area contributed by atoms with Gasteiger partial charge in [0.25, 0.3) is 0 Å². The van der Waals surface area contributed by atoms with Crippen molar-refractivity contribution in [1.82, 2.24) is 5.32 Å². The van der Waals surface area contributed by atoms with Gasteiger partial charge in [-0.3, -0.25) is 0 Å². The molecule has 0 spiro atoms. The number of hydrogen-bond acceptors (Lipinski definition) is 2. The van der Waals surface area contributed by atoms with Crippen LogP contribution in [-0.4, -0.2) is 11.7 Å². The minimum absolute atomic E-state index is 0.111. The van der Waals surface area contributed by atoms with E-state index in [9.17, 15) is 0 Å². The molecule has 0 aliphatic carbocycles. The van der Waals surface area contributed by atoms with E-state index in [1.165, 1.54) is 21.9 Å². The van der Waals surface area contributed by atoms with Crippen molar-refractivity contribution >= 4 is 10.8 Å². The Hall–Kier alpha value is -2.60. The third kappa shape index (κ3) is 3.83. The van der Waals surface area contributed by atoms with E-state index in [4.69, 9.17) is 5.11 Å². The summed E-state index contributed by atoms with van der Waals surface area (Å²) >= 11 is 0. The molecule has 0 heterocycles. The van der Waals surface area contributed by atoms with E-state index in [0.717, 1.165) is 12.1 Å². The van der Waals surface area contributed by atoms with Gasteiger partial charge in [0.15, 0.2) is 0 Å². The van der Waals surface area contributed by atoms with Crippen molar-refractivity contribution in [2.75, 3.05) is 6.61 Å². The van der Waals surface area contributed by atoms with Gasteiger partial charge in [0.1, 0.15) is 6.61 Å².